The van der Waals surface area contributed by atoms with Gasteiger partial charge in [0.2, 0.25) is 0 Å². The van der Waals surface area contributed by atoms with Gasteiger partial charge in [0.05, 0.1) is 22.2 Å². The standard InChI is InChI=1S/C19H17N3O4/c20-12-13-11-14(22(23)24)6-7-16(13)21-8-2-4-17(21)15-3-1-5-18-19(15)26-10-9-25-18/h1,3,5-7,11,17H,2,4,8-10H2. The molecule has 2 aromatic carbocycles. The Morgan fingerprint density at radius 2 is 2.08 bits per heavy atom. The molecule has 0 saturated carbocycles. The molecule has 0 aliphatic carbocycles. The van der Waals surface area contributed by atoms with E-state index in [-0.39, 0.29) is 11.7 Å². The molecule has 2 heterocycles. The molecule has 0 bridgehead atoms. The minimum Gasteiger partial charge on any atom is -0.486 e. The lowest BCUT2D eigenvalue weighted by molar-refractivity contribution is -0.384. The third-order valence-corrected chi connectivity index (χ3v) is 4.83. The Labute approximate surface area is 150 Å². The maximum Gasteiger partial charge on any atom is 0.270 e. The van der Waals surface area contributed by atoms with E-state index >= 15 is 0 Å². The zero-order valence-corrected chi connectivity index (χ0v) is 14.1. The molecule has 0 aromatic heterocycles. The number of rotatable bonds is 3. The second kappa shape index (κ2) is 6.56. The number of hydrogen-bond donors (Lipinski definition) is 0. The summed E-state index contributed by atoms with van der Waals surface area (Å²) in [5.74, 6) is 1.50. The molecule has 7 heteroatoms. The molecule has 2 aromatic rings. The van der Waals surface area contributed by atoms with Crippen LogP contribution in [0.1, 0.15) is 30.0 Å². The monoisotopic (exact) mass is 351 g/mol. The highest BCUT2D eigenvalue weighted by Gasteiger charge is 2.32. The first-order valence-electron chi connectivity index (χ1n) is 8.52. The number of nitriles is 1. The van der Waals surface area contributed by atoms with Crippen molar-refractivity contribution in [1.82, 2.24) is 0 Å². The number of ether oxygens (including phenoxy) is 2. The molecule has 1 unspecified atom stereocenters. The van der Waals surface area contributed by atoms with Gasteiger partial charge in [0.15, 0.2) is 11.5 Å². The maximum absolute atomic E-state index is 11.0. The van der Waals surface area contributed by atoms with Crippen LogP contribution in [0, 0.1) is 21.4 Å². The Morgan fingerprint density at radius 3 is 2.88 bits per heavy atom. The van der Waals surface area contributed by atoms with Crippen LogP contribution in [0.4, 0.5) is 11.4 Å². The molecule has 0 N–H and O–H groups in total. The van der Waals surface area contributed by atoms with E-state index in [1.165, 1.54) is 12.1 Å². The first kappa shape index (κ1) is 16.2. The van der Waals surface area contributed by atoms with Gasteiger partial charge in [0.25, 0.3) is 5.69 Å². The molecule has 132 valence electrons. The highest BCUT2D eigenvalue weighted by atomic mass is 16.6. The van der Waals surface area contributed by atoms with Gasteiger partial charge in [-0.05, 0) is 25.0 Å². The summed E-state index contributed by atoms with van der Waals surface area (Å²) in [4.78, 5) is 12.7. The van der Waals surface area contributed by atoms with Crippen LogP contribution < -0.4 is 14.4 Å². The predicted molar refractivity (Wildman–Crippen MR) is 94.6 cm³/mol. The Kier molecular flexibility index (Phi) is 4.09. The maximum atomic E-state index is 11.0. The summed E-state index contributed by atoms with van der Waals surface area (Å²) >= 11 is 0. The van der Waals surface area contributed by atoms with Crippen molar-refractivity contribution in [2.75, 3.05) is 24.7 Å². The number of anilines is 1. The number of fused-ring (bicyclic) bond motifs is 1. The molecule has 4 rings (SSSR count). The summed E-state index contributed by atoms with van der Waals surface area (Å²) in [6.45, 7) is 1.82. The van der Waals surface area contributed by atoms with E-state index < -0.39 is 4.92 Å². The molecule has 2 aliphatic heterocycles. The number of nitro benzene ring substituents is 1. The van der Waals surface area contributed by atoms with Crippen LogP contribution >= 0.6 is 0 Å². The molecule has 0 radical (unpaired) electrons. The summed E-state index contributed by atoms with van der Waals surface area (Å²) in [5.41, 5.74) is 1.99. The Morgan fingerprint density at radius 1 is 1.23 bits per heavy atom. The highest BCUT2D eigenvalue weighted by molar-refractivity contribution is 5.65. The van der Waals surface area contributed by atoms with Gasteiger partial charge in [-0.15, -0.1) is 0 Å². The van der Waals surface area contributed by atoms with Crippen LogP contribution in [0.25, 0.3) is 0 Å². The van der Waals surface area contributed by atoms with Crippen molar-refractivity contribution in [1.29, 1.82) is 5.26 Å². The van der Waals surface area contributed by atoms with Crippen LogP contribution in [-0.2, 0) is 0 Å². The smallest absolute Gasteiger partial charge is 0.270 e. The van der Waals surface area contributed by atoms with E-state index in [0.717, 1.165) is 42.1 Å². The van der Waals surface area contributed by atoms with E-state index in [9.17, 15) is 15.4 Å². The quantitative estimate of drug-likeness (QED) is 0.620. The van der Waals surface area contributed by atoms with Crippen molar-refractivity contribution in [3.05, 3.63) is 57.6 Å². The van der Waals surface area contributed by atoms with Crippen molar-refractivity contribution in [3.63, 3.8) is 0 Å². The topological polar surface area (TPSA) is 88.6 Å². The molecular weight excluding hydrogens is 334 g/mol. The van der Waals surface area contributed by atoms with Crippen LogP contribution in [-0.4, -0.2) is 24.7 Å². The van der Waals surface area contributed by atoms with Gasteiger partial charge in [-0.3, -0.25) is 10.1 Å². The fraction of sp³-hybridized carbons (Fsp3) is 0.316. The van der Waals surface area contributed by atoms with Crippen molar-refractivity contribution in [2.45, 2.75) is 18.9 Å². The average Bonchev–Trinajstić information content (AvgIpc) is 3.16. The van der Waals surface area contributed by atoms with Gasteiger partial charge in [-0.1, -0.05) is 12.1 Å². The lowest BCUT2D eigenvalue weighted by atomic mass is 10.0. The molecule has 26 heavy (non-hydrogen) atoms. The molecular formula is C19H17N3O4. The SMILES string of the molecule is N#Cc1cc([N+](=O)[O-])ccc1N1CCCC1c1cccc2c1OCCO2. The third kappa shape index (κ3) is 2.69. The fourth-order valence-electron chi connectivity index (χ4n) is 3.71. The van der Waals surface area contributed by atoms with E-state index in [1.807, 2.05) is 18.2 Å². The van der Waals surface area contributed by atoms with Crippen LogP contribution in [0.15, 0.2) is 36.4 Å². The molecule has 2 aliphatic rings. The van der Waals surface area contributed by atoms with E-state index in [1.54, 1.807) is 6.07 Å². The summed E-state index contributed by atoms with van der Waals surface area (Å²) in [7, 11) is 0. The van der Waals surface area contributed by atoms with Crippen molar-refractivity contribution >= 4 is 11.4 Å². The van der Waals surface area contributed by atoms with Crippen LogP contribution in [0.3, 0.4) is 0 Å². The number of nitrogens with zero attached hydrogens (tertiary/aromatic N) is 3. The second-order valence-electron chi connectivity index (χ2n) is 6.29. The highest BCUT2D eigenvalue weighted by Crippen LogP contribution is 2.45. The van der Waals surface area contributed by atoms with Gasteiger partial charge in [0.1, 0.15) is 19.3 Å². The Balaban J connectivity index is 1.75. The van der Waals surface area contributed by atoms with E-state index in [0.29, 0.717) is 18.8 Å². The summed E-state index contributed by atoms with van der Waals surface area (Å²) < 4.78 is 11.5. The number of benzene rings is 2. The summed E-state index contributed by atoms with van der Waals surface area (Å²) in [6, 6.07) is 12.5. The van der Waals surface area contributed by atoms with Gasteiger partial charge in [-0.2, -0.15) is 5.26 Å². The van der Waals surface area contributed by atoms with Gasteiger partial charge < -0.3 is 14.4 Å². The zero-order valence-electron chi connectivity index (χ0n) is 14.1. The normalized spacial score (nSPS) is 18.4. The number of para-hydroxylation sites is 1. The number of non-ortho nitro benzene ring substituents is 1. The molecule has 1 saturated heterocycles. The minimum atomic E-state index is -0.481. The Hall–Kier alpha value is -3.27. The van der Waals surface area contributed by atoms with Gasteiger partial charge in [-0.25, -0.2) is 0 Å². The van der Waals surface area contributed by atoms with E-state index in [4.69, 9.17) is 9.47 Å². The van der Waals surface area contributed by atoms with Crippen molar-refractivity contribution in [2.24, 2.45) is 0 Å². The summed E-state index contributed by atoms with van der Waals surface area (Å²) in [5, 5.41) is 20.5. The molecule has 1 atom stereocenters. The molecule has 7 nitrogen and oxygen atoms in total. The average molecular weight is 351 g/mol. The fourth-order valence-corrected chi connectivity index (χ4v) is 3.71. The number of hydrogen-bond acceptors (Lipinski definition) is 6. The third-order valence-electron chi connectivity index (χ3n) is 4.83. The van der Waals surface area contributed by atoms with Crippen molar-refractivity contribution in [3.8, 4) is 17.6 Å². The van der Waals surface area contributed by atoms with E-state index in [2.05, 4.69) is 11.0 Å². The molecule has 0 amide bonds. The zero-order chi connectivity index (χ0) is 18.1. The first-order chi connectivity index (χ1) is 12.7. The van der Waals surface area contributed by atoms with Crippen molar-refractivity contribution < 1.29 is 14.4 Å². The molecule has 0 spiro atoms. The lowest BCUT2D eigenvalue weighted by Gasteiger charge is -2.30. The Bertz CT molecular complexity index is 906. The second-order valence-corrected chi connectivity index (χ2v) is 6.29. The van der Waals surface area contributed by atoms with Crippen LogP contribution in [0.5, 0.6) is 11.5 Å². The van der Waals surface area contributed by atoms with Gasteiger partial charge >= 0.3 is 0 Å². The lowest BCUT2D eigenvalue weighted by Crippen LogP contribution is -2.25. The number of nitro groups is 1. The largest absolute Gasteiger partial charge is 0.486 e. The first-order valence-corrected chi connectivity index (χ1v) is 8.52. The minimum absolute atomic E-state index is 0.0419. The molecule has 1 fully saturated rings. The van der Waals surface area contributed by atoms with Gasteiger partial charge in [0, 0.05) is 24.2 Å². The van der Waals surface area contributed by atoms with Crippen LogP contribution in [0.2, 0.25) is 0 Å². The predicted octanol–water partition coefficient (Wildman–Crippen LogP) is 3.58. The summed E-state index contributed by atoms with van der Waals surface area (Å²) in [6.07, 6.45) is 1.89.